The van der Waals surface area contributed by atoms with Gasteiger partial charge in [0.1, 0.15) is 0 Å². The molecule has 0 atom stereocenters. The van der Waals surface area contributed by atoms with Gasteiger partial charge in [0.2, 0.25) is 11.2 Å². The molecule has 0 unspecified atom stereocenters. The first-order valence-electron chi connectivity index (χ1n) is 7.09. The van der Waals surface area contributed by atoms with Gasteiger partial charge in [-0.1, -0.05) is 12.1 Å². The van der Waals surface area contributed by atoms with Crippen LogP contribution in [-0.2, 0) is 4.74 Å². The van der Waals surface area contributed by atoms with Crippen molar-refractivity contribution >= 4 is 16.9 Å². The fourth-order valence-corrected chi connectivity index (χ4v) is 2.38. The predicted molar refractivity (Wildman–Crippen MR) is 84.3 cm³/mol. The van der Waals surface area contributed by atoms with E-state index in [2.05, 4.69) is 0 Å². The van der Waals surface area contributed by atoms with Crippen LogP contribution in [0.15, 0.2) is 60.7 Å². The fourth-order valence-electron chi connectivity index (χ4n) is 2.38. The number of hydrogen-bond acceptors (Lipinski definition) is 3. The van der Waals surface area contributed by atoms with Gasteiger partial charge in [0.25, 0.3) is 0 Å². The highest BCUT2D eigenvalue weighted by atomic mass is 16.5. The maximum absolute atomic E-state index is 12.5. The lowest BCUT2D eigenvalue weighted by molar-refractivity contribution is -0.565. The first-order valence-corrected chi connectivity index (χ1v) is 7.09. The Morgan fingerprint density at radius 2 is 1.77 bits per heavy atom. The molecule has 2 aromatic carbocycles. The maximum Gasteiger partial charge on any atom is 0.338 e. The molecule has 0 saturated carbocycles. The van der Waals surface area contributed by atoms with Crippen LogP contribution in [0.1, 0.15) is 17.3 Å². The number of carbonyl (C=O) groups excluding carboxylic acids is 1. The van der Waals surface area contributed by atoms with Crippen LogP contribution in [0.4, 0.5) is 0 Å². The summed E-state index contributed by atoms with van der Waals surface area (Å²) in [6.45, 7) is 2.10. The standard InChI is InChI=1S/C18H15NO3/c1-2-22-18(20)15-9-7-14(8-10-15)17-12-11-13-5-3-4-6-16(13)19(17)21/h3-12H,2H2,1H3. The third-order valence-electron chi connectivity index (χ3n) is 3.49. The first-order chi connectivity index (χ1) is 10.7. The van der Waals surface area contributed by atoms with Crippen molar-refractivity contribution in [2.45, 2.75) is 6.92 Å². The van der Waals surface area contributed by atoms with Crippen LogP contribution in [0.25, 0.3) is 22.2 Å². The number of carbonyl (C=O) groups is 1. The van der Waals surface area contributed by atoms with Crippen LogP contribution in [0.3, 0.4) is 0 Å². The summed E-state index contributed by atoms with van der Waals surface area (Å²) in [6.07, 6.45) is 0. The number of esters is 1. The number of aromatic nitrogens is 1. The third-order valence-corrected chi connectivity index (χ3v) is 3.49. The Morgan fingerprint density at radius 3 is 2.50 bits per heavy atom. The number of nitrogens with zero attached hydrogens (tertiary/aromatic N) is 1. The molecule has 0 spiro atoms. The number of para-hydroxylation sites is 1. The summed E-state index contributed by atoms with van der Waals surface area (Å²) in [5.74, 6) is -0.359. The van der Waals surface area contributed by atoms with Crippen molar-refractivity contribution in [2.75, 3.05) is 6.61 Å². The average Bonchev–Trinajstić information content (AvgIpc) is 2.56. The number of benzene rings is 2. The molecule has 3 rings (SSSR count). The SMILES string of the molecule is CCOC(=O)c1ccc(-c2ccc3ccccc3[n+]2[O-])cc1. The van der Waals surface area contributed by atoms with Gasteiger partial charge in [-0.2, -0.15) is 4.73 Å². The van der Waals surface area contributed by atoms with Crippen molar-refractivity contribution in [1.29, 1.82) is 0 Å². The van der Waals surface area contributed by atoms with Crippen LogP contribution in [0, 0.1) is 5.21 Å². The largest absolute Gasteiger partial charge is 0.618 e. The molecule has 0 aliphatic carbocycles. The molecule has 0 aliphatic rings. The van der Waals surface area contributed by atoms with Crippen LogP contribution in [0.5, 0.6) is 0 Å². The Kier molecular flexibility index (Phi) is 3.74. The molecule has 0 saturated heterocycles. The summed E-state index contributed by atoms with van der Waals surface area (Å²) in [4.78, 5) is 11.6. The van der Waals surface area contributed by atoms with E-state index < -0.39 is 0 Å². The Balaban J connectivity index is 2.01. The Morgan fingerprint density at radius 1 is 1.05 bits per heavy atom. The monoisotopic (exact) mass is 293 g/mol. The molecule has 0 N–H and O–H groups in total. The number of hydrogen-bond donors (Lipinski definition) is 0. The highest BCUT2D eigenvalue weighted by Crippen LogP contribution is 2.20. The third kappa shape index (κ3) is 2.51. The minimum absolute atomic E-state index is 0.339. The van der Waals surface area contributed by atoms with E-state index >= 15 is 0 Å². The molecule has 4 nitrogen and oxygen atoms in total. The Bertz CT molecular complexity index is 825. The van der Waals surface area contributed by atoms with Gasteiger partial charge in [-0.3, -0.25) is 0 Å². The molecule has 0 bridgehead atoms. The second-order valence-corrected chi connectivity index (χ2v) is 4.87. The van der Waals surface area contributed by atoms with Gasteiger partial charge >= 0.3 is 5.97 Å². The molecule has 1 heterocycles. The van der Waals surface area contributed by atoms with E-state index in [1.807, 2.05) is 24.3 Å². The smallest absolute Gasteiger partial charge is 0.338 e. The predicted octanol–water partition coefficient (Wildman–Crippen LogP) is 3.32. The number of pyridine rings is 1. The van der Waals surface area contributed by atoms with Gasteiger partial charge in [0.15, 0.2) is 0 Å². The number of rotatable bonds is 3. The highest BCUT2D eigenvalue weighted by molar-refractivity contribution is 5.90. The van der Waals surface area contributed by atoms with Crippen LogP contribution < -0.4 is 4.73 Å². The first kappa shape index (κ1) is 14.1. The summed E-state index contributed by atoms with van der Waals surface area (Å²) in [5.41, 5.74) is 2.40. The minimum Gasteiger partial charge on any atom is -0.618 e. The van der Waals surface area contributed by atoms with Gasteiger partial charge in [0, 0.05) is 23.1 Å². The highest BCUT2D eigenvalue weighted by Gasteiger charge is 2.13. The summed E-state index contributed by atoms with van der Waals surface area (Å²) in [5, 5.41) is 13.4. The Hall–Kier alpha value is -2.88. The van der Waals surface area contributed by atoms with Crippen LogP contribution >= 0.6 is 0 Å². The van der Waals surface area contributed by atoms with Crippen LogP contribution in [0.2, 0.25) is 0 Å². The van der Waals surface area contributed by atoms with E-state index in [1.165, 1.54) is 0 Å². The van der Waals surface area contributed by atoms with Gasteiger partial charge in [0.05, 0.1) is 12.2 Å². The lowest BCUT2D eigenvalue weighted by Crippen LogP contribution is -2.29. The summed E-state index contributed by atoms with van der Waals surface area (Å²) < 4.78 is 5.86. The van der Waals surface area contributed by atoms with E-state index in [-0.39, 0.29) is 5.97 Å². The number of ether oxygens (including phenoxy) is 1. The molecule has 0 amide bonds. The molecule has 110 valence electrons. The quantitative estimate of drug-likeness (QED) is 0.423. The summed E-state index contributed by atoms with van der Waals surface area (Å²) in [6, 6.07) is 18.0. The van der Waals surface area contributed by atoms with Crippen molar-refractivity contribution in [1.82, 2.24) is 0 Å². The summed E-state index contributed by atoms with van der Waals surface area (Å²) >= 11 is 0. The van der Waals surface area contributed by atoms with E-state index in [1.54, 1.807) is 43.3 Å². The van der Waals surface area contributed by atoms with Crippen LogP contribution in [-0.4, -0.2) is 12.6 Å². The zero-order valence-electron chi connectivity index (χ0n) is 12.2. The van der Waals surface area contributed by atoms with Gasteiger partial charge in [-0.05, 0) is 43.3 Å². The molecule has 4 heteroatoms. The van der Waals surface area contributed by atoms with Gasteiger partial charge in [-0.15, -0.1) is 0 Å². The lowest BCUT2D eigenvalue weighted by Gasteiger charge is -2.08. The van der Waals surface area contributed by atoms with Crippen molar-refractivity contribution in [3.05, 3.63) is 71.4 Å². The second-order valence-electron chi connectivity index (χ2n) is 4.87. The average molecular weight is 293 g/mol. The van der Waals surface area contributed by atoms with Crippen molar-refractivity contribution in [3.63, 3.8) is 0 Å². The van der Waals surface area contributed by atoms with Crippen molar-refractivity contribution in [2.24, 2.45) is 0 Å². The molecule has 0 radical (unpaired) electrons. The molecule has 1 aromatic heterocycles. The topological polar surface area (TPSA) is 53.2 Å². The number of fused-ring (bicyclic) bond motifs is 1. The maximum atomic E-state index is 12.5. The molecule has 3 aromatic rings. The van der Waals surface area contributed by atoms with E-state index in [0.717, 1.165) is 15.7 Å². The lowest BCUT2D eigenvalue weighted by atomic mass is 10.1. The molecule has 0 fully saturated rings. The van der Waals surface area contributed by atoms with E-state index in [4.69, 9.17) is 4.74 Å². The van der Waals surface area contributed by atoms with Crippen molar-refractivity contribution in [3.8, 4) is 11.3 Å². The Labute approximate surface area is 128 Å². The summed E-state index contributed by atoms with van der Waals surface area (Å²) in [7, 11) is 0. The van der Waals surface area contributed by atoms with E-state index in [9.17, 15) is 10.0 Å². The molecule has 22 heavy (non-hydrogen) atoms. The van der Waals surface area contributed by atoms with Crippen molar-refractivity contribution < 1.29 is 14.3 Å². The van der Waals surface area contributed by atoms with E-state index in [0.29, 0.717) is 23.4 Å². The normalized spacial score (nSPS) is 10.6. The van der Waals surface area contributed by atoms with Gasteiger partial charge in [-0.25, -0.2) is 4.79 Å². The second kappa shape index (κ2) is 5.85. The fraction of sp³-hybridized carbons (Fsp3) is 0.111. The minimum atomic E-state index is -0.359. The molecular formula is C18H15NO3. The zero-order chi connectivity index (χ0) is 15.5. The zero-order valence-corrected chi connectivity index (χ0v) is 12.2. The molecular weight excluding hydrogens is 278 g/mol. The molecule has 0 aliphatic heterocycles. The van der Waals surface area contributed by atoms with Gasteiger partial charge < -0.3 is 9.94 Å².